The first kappa shape index (κ1) is 15.7. The van der Waals surface area contributed by atoms with Gasteiger partial charge < -0.3 is 10.4 Å². The van der Waals surface area contributed by atoms with Gasteiger partial charge in [0.2, 0.25) is 5.91 Å². The zero-order chi connectivity index (χ0) is 15.4. The minimum absolute atomic E-state index is 0.0585. The molecule has 114 valence electrons. The Morgan fingerprint density at radius 2 is 2.29 bits per heavy atom. The van der Waals surface area contributed by atoms with Crippen LogP contribution in [0.15, 0.2) is 16.8 Å². The van der Waals surface area contributed by atoms with Crippen LogP contribution in [0.3, 0.4) is 0 Å². The fourth-order valence-electron chi connectivity index (χ4n) is 2.53. The van der Waals surface area contributed by atoms with Gasteiger partial charge in [0.25, 0.3) is 0 Å². The van der Waals surface area contributed by atoms with Gasteiger partial charge in [-0.1, -0.05) is 6.92 Å². The third kappa shape index (κ3) is 3.92. The maximum atomic E-state index is 12.0. The summed E-state index contributed by atoms with van der Waals surface area (Å²) in [6.07, 6.45) is -0.259. The molecular weight excluding hydrogens is 286 g/mol. The molecule has 21 heavy (non-hydrogen) atoms. The second kappa shape index (κ2) is 6.87. The number of carbonyl (C=O) groups excluding carboxylic acids is 1. The standard InChI is InChI=1S/C15H21N3O2S/c1-9(15-10(2)17-18-11(15)3)6-14(20)16-7-13(19)12-4-5-21-8-12/h4-5,8-9,13,19H,6-7H2,1-3H3,(H,16,20)(H,17,18). The van der Waals surface area contributed by atoms with Crippen LogP contribution >= 0.6 is 11.3 Å². The third-order valence-corrected chi connectivity index (χ3v) is 4.29. The van der Waals surface area contributed by atoms with Crippen LogP contribution in [0.2, 0.25) is 0 Å². The minimum atomic E-state index is -0.645. The van der Waals surface area contributed by atoms with Gasteiger partial charge in [0.1, 0.15) is 0 Å². The van der Waals surface area contributed by atoms with Gasteiger partial charge in [0.15, 0.2) is 0 Å². The quantitative estimate of drug-likeness (QED) is 0.767. The van der Waals surface area contributed by atoms with Crippen molar-refractivity contribution in [2.45, 2.75) is 39.2 Å². The summed E-state index contributed by atoms with van der Waals surface area (Å²) in [5.74, 6) is 0.0406. The van der Waals surface area contributed by atoms with E-state index >= 15 is 0 Å². The number of aromatic nitrogens is 2. The van der Waals surface area contributed by atoms with Crippen molar-refractivity contribution in [1.82, 2.24) is 15.5 Å². The van der Waals surface area contributed by atoms with Gasteiger partial charge in [0, 0.05) is 18.7 Å². The molecule has 0 bridgehead atoms. The number of aryl methyl sites for hydroxylation is 2. The predicted octanol–water partition coefficient (Wildman–Crippen LogP) is 2.43. The number of nitrogens with zero attached hydrogens (tertiary/aromatic N) is 1. The summed E-state index contributed by atoms with van der Waals surface area (Å²) in [7, 11) is 0. The molecule has 0 aliphatic rings. The maximum absolute atomic E-state index is 12.0. The van der Waals surface area contributed by atoms with E-state index in [0.717, 1.165) is 22.5 Å². The Morgan fingerprint density at radius 3 is 2.86 bits per heavy atom. The van der Waals surface area contributed by atoms with Crippen LogP contribution in [-0.4, -0.2) is 27.8 Å². The molecule has 0 saturated carbocycles. The highest BCUT2D eigenvalue weighted by atomic mass is 32.1. The molecule has 0 aromatic carbocycles. The molecule has 5 nitrogen and oxygen atoms in total. The zero-order valence-electron chi connectivity index (χ0n) is 12.5. The molecule has 2 aromatic rings. The molecule has 2 rings (SSSR count). The van der Waals surface area contributed by atoms with Gasteiger partial charge in [-0.2, -0.15) is 16.4 Å². The van der Waals surface area contributed by atoms with Crippen LogP contribution in [-0.2, 0) is 4.79 Å². The fourth-order valence-corrected chi connectivity index (χ4v) is 3.24. The van der Waals surface area contributed by atoms with Crippen LogP contribution in [0.4, 0.5) is 0 Å². The lowest BCUT2D eigenvalue weighted by atomic mass is 9.95. The lowest BCUT2D eigenvalue weighted by Gasteiger charge is -2.14. The number of aliphatic hydroxyl groups excluding tert-OH is 1. The van der Waals surface area contributed by atoms with Gasteiger partial charge in [-0.15, -0.1) is 0 Å². The summed E-state index contributed by atoms with van der Waals surface area (Å²) in [5, 5.41) is 23.6. The smallest absolute Gasteiger partial charge is 0.220 e. The predicted molar refractivity (Wildman–Crippen MR) is 83.4 cm³/mol. The number of aliphatic hydroxyl groups is 1. The molecule has 3 N–H and O–H groups in total. The lowest BCUT2D eigenvalue weighted by Crippen LogP contribution is -2.29. The molecule has 0 saturated heterocycles. The number of hydrogen-bond acceptors (Lipinski definition) is 4. The molecule has 0 aliphatic carbocycles. The molecule has 0 fully saturated rings. The molecule has 2 unspecified atom stereocenters. The van der Waals surface area contributed by atoms with Crippen LogP contribution in [0.25, 0.3) is 0 Å². The first-order valence-electron chi connectivity index (χ1n) is 6.97. The van der Waals surface area contributed by atoms with Gasteiger partial charge in [-0.05, 0) is 47.7 Å². The van der Waals surface area contributed by atoms with Crippen LogP contribution in [0, 0.1) is 13.8 Å². The van der Waals surface area contributed by atoms with Gasteiger partial charge in [0.05, 0.1) is 11.8 Å². The molecule has 2 heterocycles. The summed E-state index contributed by atoms with van der Waals surface area (Å²) in [6.45, 7) is 6.16. The highest BCUT2D eigenvalue weighted by Gasteiger charge is 2.18. The van der Waals surface area contributed by atoms with Crippen LogP contribution < -0.4 is 5.32 Å². The minimum Gasteiger partial charge on any atom is -0.387 e. The van der Waals surface area contributed by atoms with Crippen molar-refractivity contribution >= 4 is 17.2 Å². The summed E-state index contributed by atoms with van der Waals surface area (Å²) in [5.41, 5.74) is 3.88. The van der Waals surface area contributed by atoms with Crippen molar-refractivity contribution in [2.75, 3.05) is 6.54 Å². The summed E-state index contributed by atoms with van der Waals surface area (Å²) < 4.78 is 0. The van der Waals surface area contributed by atoms with E-state index in [2.05, 4.69) is 15.5 Å². The molecule has 0 aliphatic heterocycles. The first-order valence-corrected chi connectivity index (χ1v) is 7.91. The number of hydrogen-bond donors (Lipinski definition) is 3. The number of H-pyrrole nitrogens is 1. The van der Waals surface area contributed by atoms with Crippen molar-refractivity contribution in [3.8, 4) is 0 Å². The number of amides is 1. The average Bonchev–Trinajstić information content (AvgIpc) is 3.06. The monoisotopic (exact) mass is 307 g/mol. The van der Waals surface area contributed by atoms with Crippen LogP contribution in [0.1, 0.15) is 47.9 Å². The molecule has 1 amide bonds. The summed E-state index contributed by atoms with van der Waals surface area (Å²) in [6, 6.07) is 1.86. The van der Waals surface area contributed by atoms with E-state index in [9.17, 15) is 9.90 Å². The Balaban J connectivity index is 1.85. The third-order valence-electron chi connectivity index (χ3n) is 3.59. The number of thiophene rings is 1. The molecule has 2 aromatic heterocycles. The number of rotatable bonds is 6. The molecule has 0 radical (unpaired) electrons. The van der Waals surface area contributed by atoms with Crippen molar-refractivity contribution in [3.05, 3.63) is 39.3 Å². The van der Waals surface area contributed by atoms with E-state index < -0.39 is 6.10 Å². The number of nitrogens with one attached hydrogen (secondary N) is 2. The Labute approximate surface area is 128 Å². The SMILES string of the molecule is Cc1n[nH]c(C)c1C(C)CC(=O)NCC(O)c1ccsc1. The van der Waals surface area contributed by atoms with Crippen molar-refractivity contribution in [3.63, 3.8) is 0 Å². The van der Waals surface area contributed by atoms with Crippen molar-refractivity contribution < 1.29 is 9.90 Å². The second-order valence-electron chi connectivity index (χ2n) is 5.33. The normalized spacial score (nSPS) is 13.9. The van der Waals surface area contributed by atoms with E-state index in [-0.39, 0.29) is 18.4 Å². The first-order chi connectivity index (χ1) is 9.99. The summed E-state index contributed by atoms with van der Waals surface area (Å²) >= 11 is 1.53. The van der Waals surface area contributed by atoms with E-state index in [1.165, 1.54) is 11.3 Å². The maximum Gasteiger partial charge on any atom is 0.220 e. The largest absolute Gasteiger partial charge is 0.387 e. The molecule has 6 heteroatoms. The molecular formula is C15H21N3O2S. The summed E-state index contributed by atoms with van der Waals surface area (Å²) in [4.78, 5) is 12.0. The van der Waals surface area contributed by atoms with Gasteiger partial charge >= 0.3 is 0 Å². The second-order valence-corrected chi connectivity index (χ2v) is 6.11. The van der Waals surface area contributed by atoms with E-state index in [0.29, 0.717) is 6.42 Å². The topological polar surface area (TPSA) is 78.0 Å². The molecule has 0 spiro atoms. The van der Waals surface area contributed by atoms with E-state index in [4.69, 9.17) is 0 Å². The van der Waals surface area contributed by atoms with Crippen molar-refractivity contribution in [2.24, 2.45) is 0 Å². The van der Waals surface area contributed by atoms with Gasteiger partial charge in [-0.3, -0.25) is 9.89 Å². The number of carbonyl (C=O) groups is 1. The van der Waals surface area contributed by atoms with E-state index in [1.807, 2.05) is 37.6 Å². The molecule has 2 atom stereocenters. The zero-order valence-corrected chi connectivity index (χ0v) is 13.3. The Morgan fingerprint density at radius 1 is 1.52 bits per heavy atom. The van der Waals surface area contributed by atoms with Crippen LogP contribution in [0.5, 0.6) is 0 Å². The Bertz CT molecular complexity index is 573. The number of aromatic amines is 1. The fraction of sp³-hybridized carbons (Fsp3) is 0.467. The highest BCUT2D eigenvalue weighted by molar-refractivity contribution is 7.07. The Kier molecular flexibility index (Phi) is 5.14. The average molecular weight is 307 g/mol. The lowest BCUT2D eigenvalue weighted by molar-refractivity contribution is -0.121. The Hall–Kier alpha value is -1.66. The van der Waals surface area contributed by atoms with Gasteiger partial charge in [-0.25, -0.2) is 0 Å². The highest BCUT2D eigenvalue weighted by Crippen LogP contribution is 2.24. The van der Waals surface area contributed by atoms with Crippen molar-refractivity contribution in [1.29, 1.82) is 0 Å². The van der Waals surface area contributed by atoms with E-state index in [1.54, 1.807) is 0 Å².